The number of rotatable bonds is 2. The van der Waals surface area contributed by atoms with Crippen LogP contribution in [0.25, 0.3) is 0 Å². The molecule has 0 radical (unpaired) electrons. The van der Waals surface area contributed by atoms with Crippen LogP contribution in [0.5, 0.6) is 0 Å². The van der Waals surface area contributed by atoms with Gasteiger partial charge in [0, 0.05) is 0 Å². The molecule has 0 aliphatic carbocycles. The van der Waals surface area contributed by atoms with E-state index in [1.165, 1.54) is 0 Å². The third-order valence-corrected chi connectivity index (χ3v) is 11.0. The molecule has 0 N–H and O–H groups in total. The summed E-state index contributed by atoms with van der Waals surface area (Å²) in [5.74, 6) is 0. The second-order valence-electron chi connectivity index (χ2n) is 5.97. The van der Waals surface area contributed by atoms with Gasteiger partial charge in [-0.25, -0.2) is 0 Å². The Kier molecular flexibility index (Phi) is 3.61. The van der Waals surface area contributed by atoms with Gasteiger partial charge in [0.25, 0.3) is 0 Å². The van der Waals surface area contributed by atoms with Crippen molar-refractivity contribution in [2.45, 2.75) is 45.4 Å². The van der Waals surface area contributed by atoms with E-state index in [2.05, 4.69) is 71.6 Å². The first kappa shape index (κ1) is 12.7. The second-order valence-corrected chi connectivity index (χ2v) is 11.6. The molecule has 0 fully saturated rings. The van der Waals surface area contributed by atoms with Crippen LogP contribution < -0.4 is 5.30 Å². The molecule has 0 spiro atoms. The van der Waals surface area contributed by atoms with Gasteiger partial charge in [-0.2, -0.15) is 0 Å². The first-order chi connectivity index (χ1) is 6.80. The van der Waals surface area contributed by atoms with Crippen molar-refractivity contribution in [3.05, 3.63) is 30.3 Å². The fourth-order valence-electron chi connectivity index (χ4n) is 2.42. The van der Waals surface area contributed by atoms with Crippen LogP contribution in [0.4, 0.5) is 0 Å². The third kappa shape index (κ3) is 2.26. The average Bonchev–Trinajstić information content (AvgIpc) is 2.16. The van der Waals surface area contributed by atoms with Crippen LogP contribution in [-0.4, -0.2) is 17.5 Å². The predicted molar refractivity (Wildman–Crippen MR) is 75.2 cm³/mol. The molecular formula is C14H25P. The molecule has 0 aromatic heterocycles. The Morgan fingerprint density at radius 2 is 1.47 bits per heavy atom. The van der Waals surface area contributed by atoms with E-state index in [1.807, 2.05) is 0 Å². The maximum atomic E-state index is 2.52. The summed E-state index contributed by atoms with van der Waals surface area (Å²) in [5.41, 5.74) is 0.778. The predicted octanol–water partition coefficient (Wildman–Crippen LogP) is 3.90. The zero-order valence-electron chi connectivity index (χ0n) is 11.0. The molecule has 1 heteroatoms. The summed E-state index contributed by atoms with van der Waals surface area (Å²) in [4.78, 5) is 0. The topological polar surface area (TPSA) is 0 Å². The van der Waals surface area contributed by atoms with E-state index in [1.54, 1.807) is 5.30 Å². The molecule has 0 atom stereocenters. The molecule has 0 aliphatic heterocycles. The second kappa shape index (κ2) is 4.26. The molecule has 0 unspecified atom stereocenters. The van der Waals surface area contributed by atoms with Crippen LogP contribution >= 0.6 is 7.26 Å². The zero-order chi connectivity index (χ0) is 11.7. The molecule has 86 valence electrons. The Balaban J connectivity index is 3.26. The molecule has 0 bridgehead atoms. The molecule has 0 saturated carbocycles. The quantitative estimate of drug-likeness (QED) is 0.668. The van der Waals surface area contributed by atoms with Gasteiger partial charge in [-0.1, -0.05) is 0 Å². The minimum atomic E-state index is -1.40. The van der Waals surface area contributed by atoms with Gasteiger partial charge in [0.05, 0.1) is 0 Å². The minimum absolute atomic E-state index is 0.419. The van der Waals surface area contributed by atoms with E-state index in [9.17, 15) is 0 Å². The van der Waals surface area contributed by atoms with Crippen LogP contribution in [0.1, 0.15) is 34.6 Å². The van der Waals surface area contributed by atoms with Crippen LogP contribution in [0.2, 0.25) is 0 Å². The van der Waals surface area contributed by atoms with Gasteiger partial charge in [-0.15, -0.1) is 0 Å². The molecular weight excluding hydrogens is 199 g/mol. The van der Waals surface area contributed by atoms with Gasteiger partial charge in [0.15, 0.2) is 0 Å². The van der Waals surface area contributed by atoms with Gasteiger partial charge < -0.3 is 0 Å². The first-order valence-electron chi connectivity index (χ1n) is 5.85. The molecule has 0 nitrogen and oxygen atoms in total. The number of hydrogen-bond donors (Lipinski definition) is 0. The van der Waals surface area contributed by atoms with Gasteiger partial charge in [0.2, 0.25) is 0 Å². The van der Waals surface area contributed by atoms with Gasteiger partial charge >= 0.3 is 95.0 Å². The Hall–Kier alpha value is -0.350. The van der Waals surface area contributed by atoms with Crippen molar-refractivity contribution in [1.29, 1.82) is 0 Å². The molecule has 0 heterocycles. The molecule has 15 heavy (non-hydrogen) atoms. The van der Waals surface area contributed by atoms with Crippen molar-refractivity contribution in [2.75, 3.05) is 6.66 Å². The average molecular weight is 224 g/mol. The summed E-state index contributed by atoms with van der Waals surface area (Å²) in [6.45, 7) is 14.5. The van der Waals surface area contributed by atoms with Gasteiger partial charge in [-0.05, 0) is 0 Å². The van der Waals surface area contributed by atoms with Crippen molar-refractivity contribution in [3.63, 3.8) is 0 Å². The first-order valence-corrected chi connectivity index (χ1v) is 8.43. The normalized spacial score (nSPS) is 14.3. The summed E-state index contributed by atoms with van der Waals surface area (Å²) in [7, 11) is -1.40. The summed E-state index contributed by atoms with van der Waals surface area (Å²) in [6, 6.07) is 11.1. The molecule has 0 saturated heterocycles. The van der Waals surface area contributed by atoms with E-state index in [-0.39, 0.29) is 0 Å². The van der Waals surface area contributed by atoms with Crippen LogP contribution in [0.3, 0.4) is 0 Å². The van der Waals surface area contributed by atoms with Crippen molar-refractivity contribution < 1.29 is 0 Å². The Labute approximate surface area is 95.4 Å². The number of benzene rings is 1. The Bertz CT molecular complexity index is 308. The van der Waals surface area contributed by atoms with E-state index >= 15 is 0 Å². The molecule has 1 aromatic carbocycles. The standard InChI is InChI=1S/C14H25P/c1-12(2)15(6,14(3,4)5)13-10-8-7-9-11-13/h7-12,15H,1-6H3. The SMILES string of the molecule is CC(C)[PH](C)(c1ccccc1)C(C)(C)C. The fraction of sp³-hybridized carbons (Fsp3) is 0.571. The molecule has 0 amide bonds. The van der Waals surface area contributed by atoms with E-state index in [4.69, 9.17) is 0 Å². The monoisotopic (exact) mass is 224 g/mol. The Morgan fingerprint density at radius 3 is 1.80 bits per heavy atom. The van der Waals surface area contributed by atoms with Crippen molar-refractivity contribution in [3.8, 4) is 0 Å². The number of hydrogen-bond acceptors (Lipinski definition) is 0. The van der Waals surface area contributed by atoms with Crippen LogP contribution in [0, 0.1) is 0 Å². The molecule has 0 aliphatic rings. The molecule has 1 aromatic rings. The summed E-state index contributed by atoms with van der Waals surface area (Å²) < 4.78 is 0. The van der Waals surface area contributed by atoms with Crippen LogP contribution in [0.15, 0.2) is 30.3 Å². The maximum absolute atomic E-state index is 2.52. The van der Waals surface area contributed by atoms with Crippen molar-refractivity contribution >= 4 is 12.6 Å². The van der Waals surface area contributed by atoms with E-state index in [0.717, 1.165) is 5.66 Å². The van der Waals surface area contributed by atoms with E-state index in [0.29, 0.717) is 5.16 Å². The summed E-state index contributed by atoms with van der Waals surface area (Å²) in [6.07, 6.45) is 0. The van der Waals surface area contributed by atoms with Gasteiger partial charge in [-0.3, -0.25) is 0 Å². The third-order valence-electron chi connectivity index (χ3n) is 4.09. The Morgan fingerprint density at radius 1 is 1.00 bits per heavy atom. The van der Waals surface area contributed by atoms with Crippen molar-refractivity contribution in [2.24, 2.45) is 0 Å². The van der Waals surface area contributed by atoms with Crippen molar-refractivity contribution in [1.82, 2.24) is 0 Å². The zero-order valence-corrected chi connectivity index (χ0v) is 12.0. The summed E-state index contributed by atoms with van der Waals surface area (Å²) >= 11 is 0. The fourth-order valence-corrected chi connectivity index (χ4v) is 6.57. The molecule has 1 rings (SSSR count). The van der Waals surface area contributed by atoms with Crippen LogP contribution in [-0.2, 0) is 0 Å². The van der Waals surface area contributed by atoms with Gasteiger partial charge in [0.1, 0.15) is 0 Å². The summed E-state index contributed by atoms with van der Waals surface area (Å²) in [5, 5.41) is 2.01. The van der Waals surface area contributed by atoms with E-state index < -0.39 is 7.26 Å².